The first kappa shape index (κ1) is 30.2. The first-order valence-electron chi connectivity index (χ1n) is 13.2. The molecule has 0 spiro atoms. The summed E-state index contributed by atoms with van der Waals surface area (Å²) in [7, 11) is 2.28. The summed E-state index contributed by atoms with van der Waals surface area (Å²) < 4.78 is 13.4. The molecular formula is C30H47NO4Si. The zero-order valence-corrected chi connectivity index (χ0v) is 24.6. The minimum absolute atomic E-state index is 0.00964. The molecule has 0 saturated carbocycles. The fourth-order valence-electron chi connectivity index (χ4n) is 5.13. The zero-order valence-electron chi connectivity index (χ0n) is 23.6. The maximum atomic E-state index is 12.3. The van der Waals surface area contributed by atoms with E-state index in [4.69, 9.17) is 14.0 Å². The van der Waals surface area contributed by atoms with E-state index >= 15 is 0 Å². The number of benzene rings is 2. The van der Waals surface area contributed by atoms with Crippen molar-refractivity contribution in [1.29, 1.82) is 0 Å². The number of nitrogens with zero attached hydrogens (tertiary/aromatic N) is 1. The molecule has 1 amide bonds. The van der Waals surface area contributed by atoms with Crippen molar-refractivity contribution in [3.8, 4) is 0 Å². The molecule has 0 bridgehead atoms. The molecule has 0 aromatic heterocycles. The number of carbonyl (C=O) groups excluding carboxylic acids is 1. The lowest BCUT2D eigenvalue weighted by molar-refractivity contribution is -0.169. The highest BCUT2D eigenvalue weighted by Crippen LogP contribution is 2.38. The lowest BCUT2D eigenvalue weighted by Gasteiger charge is -2.45. The minimum Gasteiger partial charge on any atom is -0.404 e. The Morgan fingerprint density at radius 3 is 1.86 bits per heavy atom. The van der Waals surface area contributed by atoms with Crippen molar-refractivity contribution in [1.82, 2.24) is 5.06 Å². The van der Waals surface area contributed by atoms with E-state index < -0.39 is 8.32 Å². The minimum atomic E-state index is -2.65. The van der Waals surface area contributed by atoms with E-state index in [-0.39, 0.29) is 29.1 Å². The van der Waals surface area contributed by atoms with Crippen LogP contribution < -0.4 is 10.4 Å². The van der Waals surface area contributed by atoms with E-state index in [2.05, 4.69) is 95.3 Å². The average molecular weight is 514 g/mol. The van der Waals surface area contributed by atoms with Crippen LogP contribution >= 0.6 is 0 Å². The maximum Gasteiger partial charge on any atom is 0.261 e. The number of hydrogen-bond donors (Lipinski definition) is 0. The van der Waals surface area contributed by atoms with Gasteiger partial charge in [-0.3, -0.25) is 9.63 Å². The fraction of sp³-hybridized carbons (Fsp3) is 0.567. The van der Waals surface area contributed by atoms with Gasteiger partial charge in [-0.05, 0) is 40.6 Å². The predicted octanol–water partition coefficient (Wildman–Crippen LogP) is 5.57. The predicted molar refractivity (Wildman–Crippen MR) is 151 cm³/mol. The Hall–Kier alpha value is -1.99. The van der Waals surface area contributed by atoms with Crippen molar-refractivity contribution in [2.24, 2.45) is 5.92 Å². The van der Waals surface area contributed by atoms with Crippen LogP contribution in [0.3, 0.4) is 0 Å². The van der Waals surface area contributed by atoms with Gasteiger partial charge in [0.2, 0.25) is 5.91 Å². The average Bonchev–Trinajstić information content (AvgIpc) is 2.86. The van der Waals surface area contributed by atoms with E-state index in [1.54, 1.807) is 14.2 Å². The van der Waals surface area contributed by atoms with Gasteiger partial charge in [0.25, 0.3) is 8.32 Å². The zero-order chi connectivity index (χ0) is 26.8. The highest BCUT2D eigenvalue weighted by atomic mass is 28.4. The third-order valence-electron chi connectivity index (χ3n) is 7.04. The van der Waals surface area contributed by atoms with Crippen molar-refractivity contribution in [3.63, 3.8) is 0 Å². The number of carbonyl (C=O) groups is 1. The van der Waals surface area contributed by atoms with Gasteiger partial charge in [-0.2, -0.15) is 0 Å². The van der Waals surface area contributed by atoms with Crippen molar-refractivity contribution in [2.45, 2.75) is 84.0 Å². The summed E-state index contributed by atoms with van der Waals surface area (Å²) >= 11 is 0. The van der Waals surface area contributed by atoms with Gasteiger partial charge in [0, 0.05) is 26.7 Å². The molecule has 3 atom stereocenters. The standard InChI is InChI=1S/C30H47NO4Si/c1-9-16-25(23-26(33-7)21-24(2)22-29(32)31(6)34-8)35-36(30(3,4)5,27-17-12-10-13-18-27)28-19-14-11-15-20-28/h10-15,17-20,24-26H,9,16,21-23H2,1-8H3/t24-,25-,26-/m1/s1. The topological polar surface area (TPSA) is 48.0 Å². The van der Waals surface area contributed by atoms with Gasteiger partial charge in [-0.25, -0.2) is 5.06 Å². The van der Waals surface area contributed by atoms with Crippen LogP contribution in [0.4, 0.5) is 0 Å². The first-order valence-corrected chi connectivity index (χ1v) is 15.1. The quantitative estimate of drug-likeness (QED) is 0.245. The van der Waals surface area contributed by atoms with Crippen LogP contribution in [0.5, 0.6) is 0 Å². The smallest absolute Gasteiger partial charge is 0.261 e. The van der Waals surface area contributed by atoms with E-state index in [9.17, 15) is 4.79 Å². The molecule has 0 unspecified atom stereocenters. The summed E-state index contributed by atoms with van der Waals surface area (Å²) in [4.78, 5) is 17.4. The van der Waals surface area contributed by atoms with Crippen LogP contribution in [-0.2, 0) is 18.8 Å². The number of hydroxylamine groups is 2. The molecule has 36 heavy (non-hydrogen) atoms. The normalized spacial score (nSPS) is 14.8. The molecule has 0 radical (unpaired) electrons. The third kappa shape index (κ3) is 7.75. The summed E-state index contributed by atoms with van der Waals surface area (Å²) in [6, 6.07) is 21.6. The Morgan fingerprint density at radius 1 is 0.917 bits per heavy atom. The van der Waals surface area contributed by atoms with Crippen LogP contribution in [0, 0.1) is 5.92 Å². The van der Waals surface area contributed by atoms with Gasteiger partial charge in [-0.1, -0.05) is 102 Å². The molecule has 0 fully saturated rings. The second-order valence-corrected chi connectivity index (χ2v) is 15.2. The van der Waals surface area contributed by atoms with Crippen LogP contribution in [0.2, 0.25) is 5.04 Å². The maximum absolute atomic E-state index is 12.3. The molecular weight excluding hydrogens is 466 g/mol. The number of hydrogen-bond acceptors (Lipinski definition) is 4. The van der Waals surface area contributed by atoms with Crippen LogP contribution in [0.15, 0.2) is 60.7 Å². The van der Waals surface area contributed by atoms with Gasteiger partial charge >= 0.3 is 0 Å². The number of methoxy groups -OCH3 is 1. The van der Waals surface area contributed by atoms with Crippen LogP contribution in [0.1, 0.15) is 66.7 Å². The van der Waals surface area contributed by atoms with Crippen molar-refractivity contribution >= 4 is 24.6 Å². The van der Waals surface area contributed by atoms with Crippen LogP contribution in [0.25, 0.3) is 0 Å². The van der Waals surface area contributed by atoms with Crippen molar-refractivity contribution in [3.05, 3.63) is 60.7 Å². The van der Waals surface area contributed by atoms with Crippen LogP contribution in [-0.4, -0.2) is 52.8 Å². The van der Waals surface area contributed by atoms with Gasteiger partial charge in [0.1, 0.15) is 0 Å². The largest absolute Gasteiger partial charge is 0.404 e. The van der Waals surface area contributed by atoms with Gasteiger partial charge in [-0.15, -0.1) is 0 Å². The third-order valence-corrected chi connectivity index (χ3v) is 12.1. The molecule has 0 N–H and O–H groups in total. The van der Waals surface area contributed by atoms with E-state index in [0.29, 0.717) is 6.42 Å². The summed E-state index contributed by atoms with van der Waals surface area (Å²) in [6.45, 7) is 11.3. The molecule has 200 valence electrons. The lowest BCUT2D eigenvalue weighted by Crippen LogP contribution is -2.67. The molecule has 2 rings (SSSR count). The van der Waals surface area contributed by atoms with Gasteiger partial charge in [0.05, 0.1) is 13.2 Å². The van der Waals surface area contributed by atoms with E-state index in [0.717, 1.165) is 25.7 Å². The Morgan fingerprint density at radius 2 is 1.44 bits per heavy atom. The highest BCUT2D eigenvalue weighted by molar-refractivity contribution is 6.99. The number of ether oxygens (including phenoxy) is 1. The summed E-state index contributed by atoms with van der Waals surface area (Å²) in [5, 5.41) is 3.81. The summed E-state index contributed by atoms with van der Waals surface area (Å²) in [6.07, 6.45) is 4.08. The number of rotatable bonds is 14. The summed E-state index contributed by atoms with van der Waals surface area (Å²) in [5.74, 6) is 0.156. The van der Waals surface area contributed by atoms with Gasteiger partial charge in [0.15, 0.2) is 0 Å². The first-order chi connectivity index (χ1) is 17.1. The highest BCUT2D eigenvalue weighted by Gasteiger charge is 2.51. The van der Waals surface area contributed by atoms with E-state index in [1.165, 1.54) is 22.5 Å². The molecule has 0 heterocycles. The fourth-order valence-corrected chi connectivity index (χ4v) is 9.86. The second kappa shape index (κ2) is 14.1. The molecule has 0 saturated heterocycles. The van der Waals surface area contributed by atoms with Crippen molar-refractivity contribution in [2.75, 3.05) is 21.3 Å². The Balaban J connectivity index is 2.37. The lowest BCUT2D eigenvalue weighted by atomic mass is 9.95. The molecule has 0 aliphatic carbocycles. The number of amides is 1. The molecule has 5 nitrogen and oxygen atoms in total. The molecule has 6 heteroatoms. The molecule has 2 aromatic rings. The second-order valence-electron chi connectivity index (χ2n) is 10.9. The molecule has 0 aliphatic heterocycles. The Labute approximate surface area is 220 Å². The SMILES string of the molecule is CCC[C@H](C[C@@H](C[C@@H](C)CC(=O)N(C)OC)OC)O[Si](c1ccccc1)(c1ccccc1)C(C)(C)C. The van der Waals surface area contributed by atoms with Crippen molar-refractivity contribution < 1.29 is 18.8 Å². The summed E-state index contributed by atoms with van der Waals surface area (Å²) in [5.41, 5.74) is 0. The Bertz CT molecular complexity index is 861. The van der Waals surface area contributed by atoms with Gasteiger partial charge < -0.3 is 9.16 Å². The van der Waals surface area contributed by atoms with E-state index in [1.807, 2.05) is 0 Å². The Kier molecular flexibility index (Phi) is 11.8. The monoisotopic (exact) mass is 513 g/mol. The molecule has 0 aliphatic rings. The molecule has 2 aromatic carbocycles.